The molecule has 0 spiro atoms. The Bertz CT molecular complexity index is 690. The summed E-state index contributed by atoms with van der Waals surface area (Å²) in [5, 5.41) is 3.76. The van der Waals surface area contributed by atoms with Gasteiger partial charge in [0.15, 0.2) is 0 Å². The van der Waals surface area contributed by atoms with Crippen LogP contribution in [0.5, 0.6) is 5.75 Å². The molecular weight excluding hydrogens is 347 g/mol. The number of halogens is 2. The van der Waals surface area contributed by atoms with E-state index in [2.05, 4.69) is 5.32 Å². The van der Waals surface area contributed by atoms with Crippen LogP contribution in [0.25, 0.3) is 0 Å². The van der Waals surface area contributed by atoms with E-state index in [4.69, 9.17) is 27.9 Å². The average molecular weight is 367 g/mol. The van der Waals surface area contributed by atoms with Crippen LogP contribution in [0.15, 0.2) is 42.5 Å². The van der Waals surface area contributed by atoms with E-state index in [1.165, 1.54) is 0 Å². The van der Waals surface area contributed by atoms with E-state index in [1.807, 2.05) is 43.1 Å². The summed E-state index contributed by atoms with van der Waals surface area (Å²) in [7, 11) is 1.88. The third kappa shape index (κ3) is 5.71. The second-order valence-corrected chi connectivity index (χ2v) is 6.27. The summed E-state index contributed by atoms with van der Waals surface area (Å²) >= 11 is 12.0. The number of ether oxygens (including phenoxy) is 1. The number of nitrogens with one attached hydrogen (secondary N) is 1. The van der Waals surface area contributed by atoms with Crippen LogP contribution in [0.4, 0.5) is 5.69 Å². The van der Waals surface area contributed by atoms with Gasteiger partial charge in [0.05, 0.1) is 23.9 Å². The number of benzene rings is 2. The lowest BCUT2D eigenvalue weighted by molar-refractivity contribution is -0.117. The summed E-state index contributed by atoms with van der Waals surface area (Å²) < 4.78 is 5.42. The van der Waals surface area contributed by atoms with E-state index in [9.17, 15) is 4.79 Å². The van der Waals surface area contributed by atoms with Crippen LogP contribution in [0, 0.1) is 0 Å². The lowest BCUT2D eigenvalue weighted by Gasteiger charge is -2.17. The zero-order chi connectivity index (χ0) is 17.5. The number of nitrogens with zero attached hydrogens (tertiary/aromatic N) is 1. The van der Waals surface area contributed by atoms with Crippen molar-refractivity contribution >= 4 is 34.8 Å². The number of anilines is 1. The summed E-state index contributed by atoms with van der Waals surface area (Å²) in [4.78, 5) is 14.1. The first-order valence-corrected chi connectivity index (χ1v) is 8.38. The number of amides is 1. The number of hydrogen-bond donors (Lipinski definition) is 1. The molecule has 128 valence electrons. The highest BCUT2D eigenvalue weighted by atomic mass is 35.5. The highest BCUT2D eigenvalue weighted by molar-refractivity contribution is 6.35. The predicted molar refractivity (Wildman–Crippen MR) is 99.0 cm³/mol. The Morgan fingerprint density at radius 3 is 2.54 bits per heavy atom. The highest BCUT2D eigenvalue weighted by Gasteiger charge is 2.10. The van der Waals surface area contributed by atoms with Crippen molar-refractivity contribution in [1.82, 2.24) is 4.90 Å². The summed E-state index contributed by atoms with van der Waals surface area (Å²) in [5.74, 6) is 0.699. The molecule has 0 aliphatic rings. The maximum Gasteiger partial charge on any atom is 0.238 e. The molecule has 0 heterocycles. The summed E-state index contributed by atoms with van der Waals surface area (Å²) in [6, 6.07) is 12.8. The van der Waals surface area contributed by atoms with Gasteiger partial charge in [0.25, 0.3) is 0 Å². The van der Waals surface area contributed by atoms with Crippen molar-refractivity contribution < 1.29 is 9.53 Å². The number of hydrogen-bond acceptors (Lipinski definition) is 3. The third-order valence-electron chi connectivity index (χ3n) is 3.30. The van der Waals surface area contributed by atoms with Gasteiger partial charge in [-0.3, -0.25) is 9.69 Å². The molecule has 0 aromatic heterocycles. The standard InChI is InChI=1S/C18H20Cl2N2O2/c1-3-24-15-7-4-13(5-8-15)11-22(2)12-18(23)21-17-10-14(19)6-9-16(17)20/h4-10H,3,11-12H2,1-2H3,(H,21,23). The minimum Gasteiger partial charge on any atom is -0.494 e. The molecule has 0 saturated heterocycles. The van der Waals surface area contributed by atoms with E-state index < -0.39 is 0 Å². The molecule has 0 atom stereocenters. The van der Waals surface area contributed by atoms with Gasteiger partial charge >= 0.3 is 0 Å². The topological polar surface area (TPSA) is 41.6 Å². The van der Waals surface area contributed by atoms with Crippen molar-refractivity contribution in [3.8, 4) is 5.75 Å². The Hall–Kier alpha value is -1.75. The van der Waals surface area contributed by atoms with E-state index in [0.29, 0.717) is 28.9 Å². The molecule has 1 N–H and O–H groups in total. The van der Waals surface area contributed by atoms with Gasteiger partial charge in [-0.25, -0.2) is 0 Å². The summed E-state index contributed by atoms with van der Waals surface area (Å²) in [6.45, 7) is 3.50. The molecule has 0 bridgehead atoms. The van der Waals surface area contributed by atoms with Crippen molar-refractivity contribution in [3.63, 3.8) is 0 Å². The molecule has 2 aromatic carbocycles. The number of carbonyl (C=O) groups excluding carboxylic acids is 1. The second kappa shape index (κ2) is 8.92. The quantitative estimate of drug-likeness (QED) is 0.786. The minimum absolute atomic E-state index is 0.146. The van der Waals surface area contributed by atoms with E-state index in [1.54, 1.807) is 18.2 Å². The highest BCUT2D eigenvalue weighted by Crippen LogP contribution is 2.25. The molecule has 4 nitrogen and oxygen atoms in total. The zero-order valence-electron chi connectivity index (χ0n) is 13.7. The maximum atomic E-state index is 12.1. The Balaban J connectivity index is 1.88. The Morgan fingerprint density at radius 2 is 1.88 bits per heavy atom. The average Bonchev–Trinajstić information content (AvgIpc) is 2.53. The van der Waals surface area contributed by atoms with Gasteiger partial charge in [-0.05, 0) is 49.9 Å². The SMILES string of the molecule is CCOc1ccc(CN(C)CC(=O)Nc2cc(Cl)ccc2Cl)cc1. The minimum atomic E-state index is -0.146. The molecule has 6 heteroatoms. The van der Waals surface area contributed by atoms with Gasteiger partial charge in [-0.2, -0.15) is 0 Å². The van der Waals surface area contributed by atoms with Crippen molar-refractivity contribution in [2.24, 2.45) is 0 Å². The summed E-state index contributed by atoms with van der Waals surface area (Å²) in [6.07, 6.45) is 0. The Morgan fingerprint density at radius 1 is 1.17 bits per heavy atom. The van der Waals surface area contributed by atoms with Crippen molar-refractivity contribution in [2.75, 3.05) is 25.5 Å². The fraction of sp³-hybridized carbons (Fsp3) is 0.278. The van der Waals surface area contributed by atoms with Crippen LogP contribution < -0.4 is 10.1 Å². The first kappa shape index (κ1) is 18.6. The molecule has 0 unspecified atom stereocenters. The molecule has 24 heavy (non-hydrogen) atoms. The molecule has 0 radical (unpaired) electrons. The molecule has 2 aromatic rings. The molecule has 0 saturated carbocycles. The van der Waals surface area contributed by atoms with Gasteiger partial charge in [0.2, 0.25) is 5.91 Å². The second-order valence-electron chi connectivity index (χ2n) is 5.42. The van der Waals surface area contributed by atoms with E-state index in [-0.39, 0.29) is 12.5 Å². The fourth-order valence-corrected chi connectivity index (χ4v) is 2.59. The van der Waals surface area contributed by atoms with Crippen LogP contribution in [-0.2, 0) is 11.3 Å². The van der Waals surface area contributed by atoms with Crippen molar-refractivity contribution in [2.45, 2.75) is 13.5 Å². The van der Waals surface area contributed by atoms with Crippen molar-refractivity contribution in [3.05, 3.63) is 58.1 Å². The monoisotopic (exact) mass is 366 g/mol. The van der Waals surface area contributed by atoms with Gasteiger partial charge < -0.3 is 10.1 Å². The Kier molecular flexibility index (Phi) is 6.91. The van der Waals surface area contributed by atoms with Crippen LogP contribution in [0.3, 0.4) is 0 Å². The molecule has 0 aliphatic heterocycles. The normalized spacial score (nSPS) is 10.7. The lowest BCUT2D eigenvalue weighted by atomic mass is 10.2. The smallest absolute Gasteiger partial charge is 0.238 e. The fourth-order valence-electron chi connectivity index (χ4n) is 2.25. The molecule has 0 fully saturated rings. The number of likely N-dealkylation sites (N-methyl/N-ethyl adjacent to an activating group) is 1. The molecular formula is C18H20Cl2N2O2. The van der Waals surface area contributed by atoms with Crippen LogP contribution >= 0.6 is 23.2 Å². The number of rotatable bonds is 7. The van der Waals surface area contributed by atoms with Crippen molar-refractivity contribution in [1.29, 1.82) is 0 Å². The summed E-state index contributed by atoms with van der Waals surface area (Å²) in [5.41, 5.74) is 1.62. The van der Waals surface area contributed by atoms with Crippen LogP contribution in [0.2, 0.25) is 10.0 Å². The van der Waals surface area contributed by atoms with Gasteiger partial charge in [-0.15, -0.1) is 0 Å². The van der Waals surface area contributed by atoms with Gasteiger partial charge in [0, 0.05) is 11.6 Å². The molecule has 0 aliphatic carbocycles. The first-order valence-electron chi connectivity index (χ1n) is 7.63. The molecule has 1 amide bonds. The largest absolute Gasteiger partial charge is 0.494 e. The van der Waals surface area contributed by atoms with Crippen LogP contribution in [-0.4, -0.2) is 31.0 Å². The zero-order valence-corrected chi connectivity index (χ0v) is 15.2. The van der Waals surface area contributed by atoms with Gasteiger partial charge in [0.1, 0.15) is 5.75 Å². The third-order valence-corrected chi connectivity index (χ3v) is 3.87. The van der Waals surface area contributed by atoms with E-state index >= 15 is 0 Å². The first-order chi connectivity index (χ1) is 11.5. The van der Waals surface area contributed by atoms with E-state index in [0.717, 1.165) is 11.3 Å². The lowest BCUT2D eigenvalue weighted by Crippen LogP contribution is -2.29. The predicted octanol–water partition coefficient (Wildman–Crippen LogP) is 4.46. The van der Waals surface area contributed by atoms with Gasteiger partial charge in [-0.1, -0.05) is 35.3 Å². The maximum absolute atomic E-state index is 12.1. The number of carbonyl (C=O) groups is 1. The Labute approximate surface area is 152 Å². The van der Waals surface area contributed by atoms with Crippen LogP contribution in [0.1, 0.15) is 12.5 Å². The molecule has 2 rings (SSSR count).